The van der Waals surface area contributed by atoms with Crippen LogP contribution in [0.1, 0.15) is 36.2 Å². The van der Waals surface area contributed by atoms with E-state index in [0.717, 1.165) is 5.56 Å². The summed E-state index contributed by atoms with van der Waals surface area (Å²) >= 11 is 0. The van der Waals surface area contributed by atoms with Crippen molar-refractivity contribution in [3.63, 3.8) is 0 Å². The summed E-state index contributed by atoms with van der Waals surface area (Å²) in [6.07, 6.45) is 0.626. The predicted octanol–water partition coefficient (Wildman–Crippen LogP) is 1.37. The number of amides is 1. The van der Waals surface area contributed by atoms with Gasteiger partial charge in [-0.1, -0.05) is 26.0 Å². The molecule has 1 rings (SSSR count). The van der Waals surface area contributed by atoms with Crippen molar-refractivity contribution >= 4 is 11.9 Å². The van der Waals surface area contributed by atoms with Crippen LogP contribution in [0.5, 0.6) is 0 Å². The quantitative estimate of drug-likeness (QED) is 0.723. The van der Waals surface area contributed by atoms with Crippen LogP contribution in [0.25, 0.3) is 0 Å². The maximum Gasteiger partial charge on any atom is 0.335 e. The molecule has 104 valence electrons. The molecule has 4 N–H and O–H groups in total. The molecule has 0 aromatic heterocycles. The van der Waals surface area contributed by atoms with Gasteiger partial charge in [0.15, 0.2) is 0 Å². The van der Waals surface area contributed by atoms with Crippen LogP contribution >= 0.6 is 0 Å². The first-order chi connectivity index (χ1) is 8.90. The lowest BCUT2D eigenvalue weighted by Gasteiger charge is -2.14. The molecule has 0 aliphatic heterocycles. The standard InChI is InChI=1S/C14H20N2O3/c1-9(2)6-12(15)13(17)16-8-10-4-3-5-11(7-10)14(18)19/h3-5,7,9,12H,6,8,15H2,1-2H3,(H,16,17)(H,18,19)/t12-/m0/s1. The maximum atomic E-state index is 11.7. The Morgan fingerprint density at radius 2 is 2.05 bits per heavy atom. The minimum Gasteiger partial charge on any atom is -0.478 e. The van der Waals surface area contributed by atoms with Crippen LogP contribution in [0.4, 0.5) is 0 Å². The van der Waals surface area contributed by atoms with E-state index in [2.05, 4.69) is 5.32 Å². The molecule has 0 fully saturated rings. The van der Waals surface area contributed by atoms with E-state index in [9.17, 15) is 9.59 Å². The van der Waals surface area contributed by atoms with Gasteiger partial charge in [-0.2, -0.15) is 0 Å². The Hall–Kier alpha value is -1.88. The van der Waals surface area contributed by atoms with Crippen molar-refractivity contribution in [2.24, 2.45) is 11.7 Å². The Morgan fingerprint density at radius 1 is 1.37 bits per heavy atom. The zero-order chi connectivity index (χ0) is 14.4. The average Bonchev–Trinajstić information content (AvgIpc) is 2.35. The summed E-state index contributed by atoms with van der Waals surface area (Å²) in [6, 6.07) is 5.94. The second kappa shape index (κ2) is 6.89. The Labute approximate surface area is 112 Å². The number of carbonyl (C=O) groups is 2. The van der Waals surface area contributed by atoms with E-state index in [1.165, 1.54) is 12.1 Å². The molecule has 0 aliphatic carbocycles. The van der Waals surface area contributed by atoms with Gasteiger partial charge in [0.1, 0.15) is 0 Å². The van der Waals surface area contributed by atoms with Crippen LogP contribution in [0, 0.1) is 5.92 Å². The molecule has 0 saturated heterocycles. The molecule has 5 heteroatoms. The highest BCUT2D eigenvalue weighted by Gasteiger charge is 2.14. The highest BCUT2D eigenvalue weighted by atomic mass is 16.4. The molecule has 0 heterocycles. The third-order valence-corrected chi connectivity index (χ3v) is 2.70. The first-order valence-corrected chi connectivity index (χ1v) is 6.25. The van der Waals surface area contributed by atoms with Gasteiger partial charge in [0, 0.05) is 6.54 Å². The van der Waals surface area contributed by atoms with Crippen LogP contribution in [0.2, 0.25) is 0 Å². The lowest BCUT2D eigenvalue weighted by molar-refractivity contribution is -0.122. The molecule has 1 amide bonds. The molecule has 0 radical (unpaired) electrons. The van der Waals surface area contributed by atoms with Gasteiger partial charge in [0.05, 0.1) is 11.6 Å². The smallest absolute Gasteiger partial charge is 0.335 e. The number of nitrogens with two attached hydrogens (primary N) is 1. The van der Waals surface area contributed by atoms with Gasteiger partial charge in [-0.15, -0.1) is 0 Å². The number of nitrogens with one attached hydrogen (secondary N) is 1. The summed E-state index contributed by atoms with van der Waals surface area (Å²) in [5.41, 5.74) is 6.70. The van der Waals surface area contributed by atoms with E-state index in [-0.39, 0.29) is 18.0 Å². The van der Waals surface area contributed by atoms with Crippen molar-refractivity contribution in [1.29, 1.82) is 0 Å². The first-order valence-electron chi connectivity index (χ1n) is 6.25. The second-order valence-corrected chi connectivity index (χ2v) is 4.96. The predicted molar refractivity (Wildman–Crippen MR) is 72.7 cm³/mol. The molecule has 1 aromatic rings. The number of carboxylic acid groups (broad SMARTS) is 1. The third-order valence-electron chi connectivity index (χ3n) is 2.70. The van der Waals surface area contributed by atoms with Gasteiger partial charge < -0.3 is 16.2 Å². The highest BCUT2D eigenvalue weighted by Crippen LogP contribution is 2.06. The van der Waals surface area contributed by atoms with Crippen molar-refractivity contribution in [1.82, 2.24) is 5.32 Å². The molecule has 0 spiro atoms. The molecule has 5 nitrogen and oxygen atoms in total. The van der Waals surface area contributed by atoms with E-state index in [1.807, 2.05) is 13.8 Å². The van der Waals surface area contributed by atoms with Crippen LogP contribution in [0.15, 0.2) is 24.3 Å². The molecule has 0 saturated carbocycles. The van der Waals surface area contributed by atoms with E-state index in [4.69, 9.17) is 10.8 Å². The number of benzene rings is 1. The Kier molecular flexibility index (Phi) is 5.51. The molecular weight excluding hydrogens is 244 g/mol. The van der Waals surface area contributed by atoms with Crippen LogP contribution in [-0.2, 0) is 11.3 Å². The van der Waals surface area contributed by atoms with Crippen molar-refractivity contribution in [3.05, 3.63) is 35.4 Å². The summed E-state index contributed by atoms with van der Waals surface area (Å²) < 4.78 is 0. The van der Waals surface area contributed by atoms with E-state index in [1.54, 1.807) is 12.1 Å². The minimum atomic E-state index is -0.982. The number of aromatic carboxylic acids is 1. The zero-order valence-electron chi connectivity index (χ0n) is 11.2. The molecule has 0 aliphatic rings. The summed E-state index contributed by atoms with van der Waals surface area (Å²) in [5, 5.41) is 11.6. The van der Waals surface area contributed by atoms with Gasteiger partial charge in [0.2, 0.25) is 5.91 Å². The number of carboxylic acids is 1. The Bertz CT molecular complexity index is 458. The topological polar surface area (TPSA) is 92.4 Å². The van der Waals surface area contributed by atoms with Crippen molar-refractivity contribution in [2.75, 3.05) is 0 Å². The van der Waals surface area contributed by atoms with Gasteiger partial charge >= 0.3 is 5.97 Å². The second-order valence-electron chi connectivity index (χ2n) is 4.96. The van der Waals surface area contributed by atoms with Gasteiger partial charge in [0.25, 0.3) is 0 Å². The maximum absolute atomic E-state index is 11.7. The largest absolute Gasteiger partial charge is 0.478 e. The summed E-state index contributed by atoms with van der Waals surface area (Å²) in [5.74, 6) is -0.838. The van der Waals surface area contributed by atoms with Crippen LogP contribution < -0.4 is 11.1 Å². The highest BCUT2D eigenvalue weighted by molar-refractivity contribution is 5.87. The van der Waals surface area contributed by atoms with E-state index < -0.39 is 12.0 Å². The van der Waals surface area contributed by atoms with Gasteiger partial charge in [-0.05, 0) is 30.0 Å². The summed E-state index contributed by atoms with van der Waals surface area (Å²) in [4.78, 5) is 22.5. The fourth-order valence-corrected chi connectivity index (χ4v) is 1.75. The third kappa shape index (κ3) is 5.09. The van der Waals surface area contributed by atoms with Gasteiger partial charge in [-0.25, -0.2) is 4.79 Å². The number of hydrogen-bond acceptors (Lipinski definition) is 3. The normalized spacial score (nSPS) is 12.2. The minimum absolute atomic E-state index is 0.207. The molecule has 1 aromatic carbocycles. The van der Waals surface area contributed by atoms with Crippen molar-refractivity contribution < 1.29 is 14.7 Å². The van der Waals surface area contributed by atoms with Crippen LogP contribution in [0.3, 0.4) is 0 Å². The Morgan fingerprint density at radius 3 is 2.63 bits per heavy atom. The molecular formula is C14H20N2O3. The lowest BCUT2D eigenvalue weighted by atomic mass is 10.0. The fraction of sp³-hybridized carbons (Fsp3) is 0.429. The molecule has 0 bridgehead atoms. The van der Waals surface area contributed by atoms with E-state index >= 15 is 0 Å². The monoisotopic (exact) mass is 264 g/mol. The van der Waals surface area contributed by atoms with Crippen molar-refractivity contribution in [3.8, 4) is 0 Å². The molecule has 1 atom stereocenters. The van der Waals surface area contributed by atoms with Crippen molar-refractivity contribution in [2.45, 2.75) is 32.9 Å². The average molecular weight is 264 g/mol. The summed E-state index contributed by atoms with van der Waals surface area (Å²) in [6.45, 7) is 4.29. The van der Waals surface area contributed by atoms with Crippen LogP contribution in [-0.4, -0.2) is 23.0 Å². The summed E-state index contributed by atoms with van der Waals surface area (Å²) in [7, 11) is 0. The molecule has 0 unspecified atom stereocenters. The SMILES string of the molecule is CC(C)C[C@H](N)C(=O)NCc1cccc(C(=O)O)c1. The van der Waals surface area contributed by atoms with Gasteiger partial charge in [-0.3, -0.25) is 4.79 Å². The number of rotatable bonds is 6. The van der Waals surface area contributed by atoms with E-state index in [0.29, 0.717) is 12.3 Å². The number of carbonyl (C=O) groups excluding carboxylic acids is 1. The molecule has 19 heavy (non-hydrogen) atoms. The Balaban J connectivity index is 2.54. The number of hydrogen-bond donors (Lipinski definition) is 3. The first kappa shape index (κ1) is 15.2. The lowest BCUT2D eigenvalue weighted by Crippen LogP contribution is -2.41. The zero-order valence-corrected chi connectivity index (χ0v) is 11.2. The fourth-order valence-electron chi connectivity index (χ4n) is 1.75.